The largest absolute Gasteiger partial charge is 0.481 e. The summed E-state index contributed by atoms with van der Waals surface area (Å²) in [7, 11) is 6.73. The molecule has 13 heteroatoms. The second kappa shape index (κ2) is 15.7. The molecule has 0 fully saturated rings. The molecule has 4 heterocycles. The van der Waals surface area contributed by atoms with E-state index in [4.69, 9.17) is 19.9 Å². The number of methoxy groups -OCH3 is 2. The summed E-state index contributed by atoms with van der Waals surface area (Å²) in [4.78, 5) is 33.8. The summed E-state index contributed by atoms with van der Waals surface area (Å²) < 4.78 is 18.9. The first-order valence-corrected chi connectivity index (χ1v) is 15.2. The van der Waals surface area contributed by atoms with Crippen molar-refractivity contribution in [1.29, 1.82) is 0 Å². The van der Waals surface area contributed by atoms with Crippen LogP contribution in [0.15, 0.2) is 79.1 Å². The summed E-state index contributed by atoms with van der Waals surface area (Å²) in [6.07, 6.45) is 3.18. The van der Waals surface area contributed by atoms with Gasteiger partial charge in [0, 0.05) is 61.5 Å². The molecule has 5 aromatic rings. The summed E-state index contributed by atoms with van der Waals surface area (Å²) in [5, 5.41) is 11.5. The van der Waals surface area contributed by atoms with E-state index in [1.807, 2.05) is 60.7 Å². The normalized spacial score (nSPS) is 11.6. The second-order valence-electron chi connectivity index (χ2n) is 11.9. The zero-order chi connectivity index (χ0) is 34.8. The molecule has 252 valence electrons. The van der Waals surface area contributed by atoms with Crippen LogP contribution in [0.25, 0.3) is 22.5 Å². The first kappa shape index (κ1) is 35.1. The Balaban J connectivity index is 0.000000287. The zero-order valence-electron chi connectivity index (χ0n) is 28.3. The molecule has 0 aliphatic carbocycles. The van der Waals surface area contributed by atoms with Crippen LogP contribution in [0, 0.1) is 0 Å². The maximum absolute atomic E-state index is 13.3. The van der Waals surface area contributed by atoms with Crippen LogP contribution < -0.4 is 20.5 Å². The monoisotopic (exact) mass is 654 g/mol. The van der Waals surface area contributed by atoms with Crippen LogP contribution in [0.3, 0.4) is 0 Å². The van der Waals surface area contributed by atoms with Crippen LogP contribution in [0.1, 0.15) is 32.0 Å². The molecule has 0 aliphatic rings. The highest BCUT2D eigenvalue weighted by Crippen LogP contribution is 2.23. The van der Waals surface area contributed by atoms with Crippen molar-refractivity contribution in [3.63, 3.8) is 0 Å². The molecule has 0 spiro atoms. The number of nitrogens with one attached hydrogen (secondary N) is 1. The lowest BCUT2D eigenvalue weighted by Gasteiger charge is -2.23. The molecular weight excluding hydrogens is 612 g/mol. The molecule has 4 aromatic heterocycles. The Labute approximate surface area is 280 Å². The van der Waals surface area contributed by atoms with Gasteiger partial charge in [0.05, 0.1) is 38.1 Å². The van der Waals surface area contributed by atoms with Crippen LogP contribution in [0.2, 0.25) is 0 Å². The topological polar surface area (TPSA) is 161 Å². The van der Waals surface area contributed by atoms with Crippen LogP contribution in [-0.4, -0.2) is 67.3 Å². The molecule has 0 saturated heterocycles. The number of rotatable bonds is 10. The molecule has 0 radical (unpaired) electrons. The second-order valence-corrected chi connectivity index (χ2v) is 11.9. The minimum Gasteiger partial charge on any atom is -0.481 e. The van der Waals surface area contributed by atoms with Crippen molar-refractivity contribution in [2.45, 2.75) is 45.3 Å². The molecule has 1 atom stereocenters. The summed E-state index contributed by atoms with van der Waals surface area (Å²) in [6.45, 7) is 5.35. The number of Topliss-reactive ketones (excluding diaryl/α,β-unsaturated/α-hetero) is 1. The lowest BCUT2D eigenvalue weighted by molar-refractivity contribution is -0.120. The van der Waals surface area contributed by atoms with Crippen molar-refractivity contribution in [1.82, 2.24) is 34.8 Å². The molecule has 1 aromatic carbocycles. The maximum Gasteiger partial charge on any atom is 0.408 e. The van der Waals surface area contributed by atoms with E-state index in [0.29, 0.717) is 29.7 Å². The van der Waals surface area contributed by atoms with E-state index in [2.05, 4.69) is 25.5 Å². The smallest absolute Gasteiger partial charge is 0.408 e. The SMILES string of the molecule is COc1cc(-c2cc(CC(=O)[C@H](Cc3ccccc3)NC(=O)OC(C)(C)C)n(C)n2)ccn1.COc1cc(-c2cc(N)n(C)n2)ccn1. The van der Waals surface area contributed by atoms with Gasteiger partial charge in [-0.05, 0) is 51.0 Å². The number of nitrogens with zero attached hydrogens (tertiary/aromatic N) is 6. The number of carbonyl (C=O) groups is 2. The molecular formula is C35H42N8O5. The fourth-order valence-corrected chi connectivity index (χ4v) is 4.64. The third kappa shape index (κ3) is 9.89. The number of alkyl carbamates (subject to hydrolysis) is 1. The van der Waals surface area contributed by atoms with Gasteiger partial charge in [-0.15, -0.1) is 0 Å². The third-order valence-electron chi connectivity index (χ3n) is 7.09. The minimum absolute atomic E-state index is 0.110. The number of nitrogen functional groups attached to an aromatic ring is 1. The van der Waals surface area contributed by atoms with Crippen LogP contribution in [-0.2, 0) is 36.5 Å². The summed E-state index contributed by atoms with van der Waals surface area (Å²) in [6, 6.07) is 19.8. The number of ether oxygens (including phenoxy) is 3. The lowest BCUT2D eigenvalue weighted by atomic mass is 9.99. The average Bonchev–Trinajstić information content (AvgIpc) is 3.60. The Morgan fingerprint density at radius 1 is 0.833 bits per heavy atom. The fraction of sp³-hybridized carbons (Fsp3) is 0.314. The summed E-state index contributed by atoms with van der Waals surface area (Å²) in [5.41, 5.74) is 10.0. The molecule has 0 aliphatic heterocycles. The number of ketones is 1. The highest BCUT2D eigenvalue weighted by atomic mass is 16.6. The molecule has 0 unspecified atom stereocenters. The molecule has 1 amide bonds. The fourth-order valence-electron chi connectivity index (χ4n) is 4.64. The van der Waals surface area contributed by atoms with Gasteiger partial charge >= 0.3 is 6.09 Å². The zero-order valence-corrected chi connectivity index (χ0v) is 28.3. The number of anilines is 1. The van der Waals surface area contributed by atoms with Crippen molar-refractivity contribution < 1.29 is 23.8 Å². The van der Waals surface area contributed by atoms with Crippen molar-refractivity contribution in [3.8, 4) is 34.3 Å². The highest BCUT2D eigenvalue weighted by molar-refractivity contribution is 5.89. The van der Waals surface area contributed by atoms with Gasteiger partial charge in [0.2, 0.25) is 11.8 Å². The van der Waals surface area contributed by atoms with E-state index in [-0.39, 0.29) is 12.2 Å². The van der Waals surface area contributed by atoms with Crippen molar-refractivity contribution in [3.05, 3.63) is 90.4 Å². The van der Waals surface area contributed by atoms with Gasteiger partial charge in [0.1, 0.15) is 11.4 Å². The van der Waals surface area contributed by atoms with Crippen molar-refractivity contribution in [2.24, 2.45) is 14.1 Å². The quantitative estimate of drug-likeness (QED) is 0.214. The van der Waals surface area contributed by atoms with Crippen LogP contribution in [0.4, 0.5) is 10.6 Å². The van der Waals surface area contributed by atoms with Gasteiger partial charge in [0.25, 0.3) is 0 Å². The molecule has 0 saturated carbocycles. The minimum atomic E-state index is -0.735. The number of aromatic nitrogens is 6. The Bertz CT molecular complexity index is 1810. The van der Waals surface area contributed by atoms with E-state index in [1.54, 1.807) is 76.9 Å². The van der Waals surface area contributed by atoms with Gasteiger partial charge in [-0.1, -0.05) is 30.3 Å². The number of nitrogens with two attached hydrogens (primary N) is 1. The summed E-state index contributed by atoms with van der Waals surface area (Å²) >= 11 is 0. The Morgan fingerprint density at radius 2 is 1.40 bits per heavy atom. The van der Waals surface area contributed by atoms with E-state index in [9.17, 15) is 9.59 Å². The predicted octanol–water partition coefficient (Wildman–Crippen LogP) is 4.81. The first-order chi connectivity index (χ1) is 22.8. The van der Waals surface area contributed by atoms with E-state index in [0.717, 1.165) is 28.1 Å². The summed E-state index contributed by atoms with van der Waals surface area (Å²) in [5.74, 6) is 1.55. The van der Waals surface area contributed by atoms with Crippen LogP contribution in [0.5, 0.6) is 11.8 Å². The highest BCUT2D eigenvalue weighted by Gasteiger charge is 2.26. The van der Waals surface area contributed by atoms with Gasteiger partial charge in [0.15, 0.2) is 5.78 Å². The first-order valence-electron chi connectivity index (χ1n) is 15.2. The molecule has 48 heavy (non-hydrogen) atoms. The third-order valence-corrected chi connectivity index (χ3v) is 7.09. The van der Waals surface area contributed by atoms with Gasteiger partial charge < -0.3 is 25.3 Å². The number of aryl methyl sites for hydroxylation is 2. The van der Waals surface area contributed by atoms with Crippen molar-refractivity contribution >= 4 is 17.7 Å². The number of pyridine rings is 2. The Hall–Kier alpha value is -5.72. The lowest BCUT2D eigenvalue weighted by Crippen LogP contribution is -2.45. The standard InChI is InChI=1S/C25H30N4O4.C10H12N4O/c1-25(2,3)33-24(31)27-21(13-17-9-7-6-8-10-17)22(30)16-19-15-20(28-29(19)4)18-11-12-26-23(14-18)32-5;1-14-9(11)6-8(13-14)7-3-4-12-10(5-7)15-2/h6-12,14-15,21H,13,16H2,1-5H3,(H,27,31);3-6H,11H2,1-2H3/t21-;/m0./s1. The number of benzene rings is 1. The average molecular weight is 655 g/mol. The van der Waals surface area contributed by atoms with E-state index >= 15 is 0 Å². The van der Waals surface area contributed by atoms with Crippen LogP contribution >= 0.6 is 0 Å². The Kier molecular flexibility index (Phi) is 11.5. The van der Waals surface area contributed by atoms with E-state index < -0.39 is 17.7 Å². The maximum atomic E-state index is 13.3. The van der Waals surface area contributed by atoms with Gasteiger partial charge in [-0.3, -0.25) is 14.2 Å². The van der Waals surface area contributed by atoms with Crippen molar-refractivity contribution in [2.75, 3.05) is 20.0 Å². The number of amides is 1. The predicted molar refractivity (Wildman–Crippen MR) is 182 cm³/mol. The molecule has 13 nitrogen and oxygen atoms in total. The number of hydrogen-bond acceptors (Lipinski definition) is 10. The van der Waals surface area contributed by atoms with E-state index in [1.165, 1.54) is 0 Å². The molecule has 0 bridgehead atoms. The molecule has 5 rings (SSSR count). The number of hydrogen-bond donors (Lipinski definition) is 2. The number of carbonyl (C=O) groups excluding carboxylic acids is 2. The Morgan fingerprint density at radius 3 is 1.92 bits per heavy atom. The van der Waals surface area contributed by atoms with Gasteiger partial charge in [-0.25, -0.2) is 14.8 Å². The molecule has 3 N–H and O–H groups in total. The van der Waals surface area contributed by atoms with Gasteiger partial charge in [-0.2, -0.15) is 10.2 Å².